The van der Waals surface area contributed by atoms with Gasteiger partial charge >= 0.3 is 11.9 Å². The second-order valence-electron chi connectivity index (χ2n) is 2.49. The Morgan fingerprint density at radius 1 is 1.13 bits per heavy atom. The molecule has 1 heterocycles. The molecule has 0 spiro atoms. The van der Waals surface area contributed by atoms with Crippen LogP contribution in [0.1, 0.15) is 40.4 Å². The lowest BCUT2D eigenvalue weighted by atomic mass is 10.2. The molecule has 2 N–H and O–H groups in total. The standard InChI is InChI=1S/C8H7NO4.C2H6/c1-4-2-5(7(10)11)3-6(9-4)8(12)13;1-2/h2-3H,1H3,(H,10,11)(H,12,13);1-2H3. The van der Waals surface area contributed by atoms with Gasteiger partial charge in [-0.1, -0.05) is 13.8 Å². The van der Waals surface area contributed by atoms with Gasteiger partial charge in [-0.2, -0.15) is 0 Å². The van der Waals surface area contributed by atoms with E-state index in [0.29, 0.717) is 5.69 Å². The Labute approximate surface area is 87.4 Å². The van der Waals surface area contributed by atoms with Crippen LogP contribution >= 0.6 is 0 Å². The molecule has 0 unspecified atom stereocenters. The minimum atomic E-state index is -1.23. The van der Waals surface area contributed by atoms with Crippen molar-refractivity contribution in [1.82, 2.24) is 4.98 Å². The average Bonchev–Trinajstić information content (AvgIpc) is 2.19. The van der Waals surface area contributed by atoms with Crippen LogP contribution in [0.5, 0.6) is 0 Å². The van der Waals surface area contributed by atoms with E-state index in [0.717, 1.165) is 6.07 Å². The van der Waals surface area contributed by atoms with E-state index in [1.807, 2.05) is 13.8 Å². The van der Waals surface area contributed by atoms with E-state index in [9.17, 15) is 9.59 Å². The van der Waals surface area contributed by atoms with Gasteiger partial charge in [-0.15, -0.1) is 0 Å². The van der Waals surface area contributed by atoms with Crippen molar-refractivity contribution in [3.8, 4) is 0 Å². The predicted octanol–water partition coefficient (Wildman–Crippen LogP) is 1.81. The molecule has 5 nitrogen and oxygen atoms in total. The van der Waals surface area contributed by atoms with E-state index in [1.54, 1.807) is 6.92 Å². The molecule has 0 aliphatic heterocycles. The largest absolute Gasteiger partial charge is 0.478 e. The molecule has 0 aliphatic rings. The summed E-state index contributed by atoms with van der Waals surface area (Å²) in [4.78, 5) is 24.6. The van der Waals surface area contributed by atoms with E-state index in [-0.39, 0.29) is 11.3 Å². The number of hydrogen-bond acceptors (Lipinski definition) is 3. The quantitative estimate of drug-likeness (QED) is 0.778. The fourth-order valence-electron chi connectivity index (χ4n) is 0.902. The maximum atomic E-state index is 10.5. The van der Waals surface area contributed by atoms with Crippen LogP contribution in [0.3, 0.4) is 0 Å². The molecule has 5 heteroatoms. The number of carboxylic acid groups (broad SMARTS) is 2. The maximum Gasteiger partial charge on any atom is 0.354 e. The second-order valence-corrected chi connectivity index (χ2v) is 2.49. The van der Waals surface area contributed by atoms with Crippen LogP contribution in [0.15, 0.2) is 12.1 Å². The lowest BCUT2D eigenvalue weighted by Gasteiger charge is -1.98. The maximum absolute atomic E-state index is 10.5. The Morgan fingerprint density at radius 2 is 1.67 bits per heavy atom. The first-order chi connectivity index (χ1) is 7.00. The Balaban J connectivity index is 0.000000921. The zero-order valence-corrected chi connectivity index (χ0v) is 8.81. The lowest BCUT2D eigenvalue weighted by Crippen LogP contribution is -2.06. The highest BCUT2D eigenvalue weighted by molar-refractivity contribution is 5.92. The first kappa shape index (κ1) is 13.1. The number of carboxylic acids is 2. The van der Waals surface area contributed by atoms with Crippen molar-refractivity contribution in [2.45, 2.75) is 20.8 Å². The van der Waals surface area contributed by atoms with Gasteiger partial charge in [-0.25, -0.2) is 14.6 Å². The average molecular weight is 211 g/mol. The number of aromatic carboxylic acids is 2. The molecule has 82 valence electrons. The Bertz CT molecular complexity index is 341. The molecule has 0 radical (unpaired) electrons. The van der Waals surface area contributed by atoms with Crippen LogP contribution in [-0.4, -0.2) is 27.1 Å². The summed E-state index contributed by atoms with van der Waals surface area (Å²) in [6.45, 7) is 5.54. The number of pyridine rings is 1. The van der Waals surface area contributed by atoms with Gasteiger partial charge < -0.3 is 10.2 Å². The zero-order chi connectivity index (χ0) is 12.0. The molecular weight excluding hydrogens is 198 g/mol. The van der Waals surface area contributed by atoms with Gasteiger partial charge in [0.05, 0.1) is 5.56 Å². The van der Waals surface area contributed by atoms with E-state index < -0.39 is 11.9 Å². The third kappa shape index (κ3) is 3.76. The summed E-state index contributed by atoms with van der Waals surface area (Å²) in [7, 11) is 0. The summed E-state index contributed by atoms with van der Waals surface area (Å²) in [5.74, 6) is -2.39. The SMILES string of the molecule is CC.Cc1cc(C(=O)O)cc(C(=O)O)n1. The monoisotopic (exact) mass is 211 g/mol. The summed E-state index contributed by atoms with van der Waals surface area (Å²) in [6, 6.07) is 2.34. The predicted molar refractivity (Wildman–Crippen MR) is 54.2 cm³/mol. The highest BCUT2D eigenvalue weighted by Crippen LogP contribution is 2.05. The first-order valence-electron chi connectivity index (χ1n) is 4.46. The topological polar surface area (TPSA) is 87.5 Å². The summed E-state index contributed by atoms with van der Waals surface area (Å²) in [5.41, 5.74) is 0.0552. The van der Waals surface area contributed by atoms with Crippen molar-refractivity contribution >= 4 is 11.9 Å². The fraction of sp³-hybridized carbons (Fsp3) is 0.300. The number of carbonyl (C=O) groups is 2. The second kappa shape index (κ2) is 5.74. The lowest BCUT2D eigenvalue weighted by molar-refractivity contribution is 0.0690. The van der Waals surface area contributed by atoms with Crippen LogP contribution in [0.2, 0.25) is 0 Å². The molecule has 1 aromatic rings. The molecule has 1 rings (SSSR count). The van der Waals surface area contributed by atoms with Crippen molar-refractivity contribution in [1.29, 1.82) is 0 Å². The van der Waals surface area contributed by atoms with E-state index in [4.69, 9.17) is 10.2 Å². The normalized spacial score (nSPS) is 8.73. The number of nitrogens with zero attached hydrogens (tertiary/aromatic N) is 1. The molecule has 0 saturated heterocycles. The molecule has 15 heavy (non-hydrogen) atoms. The minimum absolute atomic E-state index is 0.0649. The zero-order valence-electron chi connectivity index (χ0n) is 8.81. The van der Waals surface area contributed by atoms with Gasteiger partial charge in [-0.3, -0.25) is 0 Å². The van der Waals surface area contributed by atoms with Crippen LogP contribution < -0.4 is 0 Å². The van der Waals surface area contributed by atoms with Crippen LogP contribution in [0, 0.1) is 6.92 Å². The van der Waals surface area contributed by atoms with Crippen LogP contribution in [0.25, 0.3) is 0 Å². The van der Waals surface area contributed by atoms with Gasteiger partial charge in [0.15, 0.2) is 0 Å². The molecule has 1 aromatic heterocycles. The Kier molecular flexibility index (Phi) is 5.01. The first-order valence-corrected chi connectivity index (χ1v) is 4.46. The smallest absolute Gasteiger partial charge is 0.354 e. The van der Waals surface area contributed by atoms with Gasteiger partial charge in [0.25, 0.3) is 0 Å². The highest BCUT2D eigenvalue weighted by Gasteiger charge is 2.10. The molecule has 0 atom stereocenters. The van der Waals surface area contributed by atoms with Crippen molar-refractivity contribution in [3.63, 3.8) is 0 Å². The van der Waals surface area contributed by atoms with Crippen molar-refractivity contribution in [2.24, 2.45) is 0 Å². The summed E-state index contributed by atoms with van der Waals surface area (Å²) >= 11 is 0. The van der Waals surface area contributed by atoms with E-state index >= 15 is 0 Å². The number of aromatic nitrogens is 1. The van der Waals surface area contributed by atoms with Gasteiger partial charge in [-0.05, 0) is 19.1 Å². The van der Waals surface area contributed by atoms with E-state index in [2.05, 4.69) is 4.98 Å². The fourth-order valence-corrected chi connectivity index (χ4v) is 0.902. The molecule has 0 aliphatic carbocycles. The van der Waals surface area contributed by atoms with Crippen molar-refractivity contribution in [3.05, 3.63) is 29.1 Å². The van der Waals surface area contributed by atoms with E-state index in [1.165, 1.54) is 6.07 Å². The summed E-state index contributed by atoms with van der Waals surface area (Å²) in [6.07, 6.45) is 0. The highest BCUT2D eigenvalue weighted by atomic mass is 16.4. The number of rotatable bonds is 2. The number of aryl methyl sites for hydroxylation is 1. The number of hydrogen-bond donors (Lipinski definition) is 2. The molecule has 0 saturated carbocycles. The van der Waals surface area contributed by atoms with Crippen LogP contribution in [0.4, 0.5) is 0 Å². The summed E-state index contributed by atoms with van der Waals surface area (Å²) in [5, 5.41) is 17.2. The van der Waals surface area contributed by atoms with Gasteiger partial charge in [0.2, 0.25) is 0 Å². The molecule has 0 amide bonds. The molecule has 0 aromatic carbocycles. The molecule has 0 bridgehead atoms. The third-order valence-corrected chi connectivity index (χ3v) is 1.42. The summed E-state index contributed by atoms with van der Waals surface area (Å²) < 4.78 is 0. The van der Waals surface area contributed by atoms with Crippen molar-refractivity contribution in [2.75, 3.05) is 0 Å². The molecular formula is C10H13NO4. The Morgan fingerprint density at radius 3 is 2.07 bits per heavy atom. The molecule has 0 fully saturated rings. The van der Waals surface area contributed by atoms with Gasteiger partial charge in [0, 0.05) is 5.69 Å². The van der Waals surface area contributed by atoms with Crippen molar-refractivity contribution < 1.29 is 19.8 Å². The Hall–Kier alpha value is -1.91. The van der Waals surface area contributed by atoms with Crippen LogP contribution in [-0.2, 0) is 0 Å². The third-order valence-electron chi connectivity index (χ3n) is 1.42. The van der Waals surface area contributed by atoms with Gasteiger partial charge in [0.1, 0.15) is 5.69 Å². The minimum Gasteiger partial charge on any atom is -0.478 e.